The van der Waals surface area contributed by atoms with E-state index in [0.717, 1.165) is 18.4 Å². The number of carbonyl (C=O) groups is 1. The van der Waals surface area contributed by atoms with Crippen molar-refractivity contribution in [2.45, 2.75) is 78.1 Å². The van der Waals surface area contributed by atoms with E-state index >= 15 is 0 Å². The van der Waals surface area contributed by atoms with Gasteiger partial charge in [0.2, 0.25) is 0 Å². The van der Waals surface area contributed by atoms with Crippen molar-refractivity contribution in [1.82, 2.24) is 0 Å². The van der Waals surface area contributed by atoms with E-state index in [0.29, 0.717) is 17.0 Å². The van der Waals surface area contributed by atoms with E-state index in [1.807, 2.05) is 24.3 Å². The van der Waals surface area contributed by atoms with Gasteiger partial charge in [-0.3, -0.25) is 0 Å². The monoisotopic (exact) mass is 481 g/mol. The molecule has 1 aliphatic carbocycles. The topological polar surface area (TPSA) is 52.3 Å². The highest BCUT2D eigenvalue weighted by molar-refractivity contribution is 5.91. The SMILES string of the molecule is CCCc1cc2c(cc1/C(C)=C/c1ccc(C(=O)Oc3ccc(N)cc3)cc1)C(C)(C)CCC2(C)C. The van der Waals surface area contributed by atoms with Crippen LogP contribution in [0, 0.1) is 0 Å². The maximum atomic E-state index is 12.6. The van der Waals surface area contributed by atoms with Crippen molar-refractivity contribution >= 4 is 23.3 Å². The summed E-state index contributed by atoms with van der Waals surface area (Å²) in [5.41, 5.74) is 15.3. The van der Waals surface area contributed by atoms with Crippen LogP contribution in [0.1, 0.15) is 99.0 Å². The van der Waals surface area contributed by atoms with Crippen LogP contribution < -0.4 is 10.5 Å². The molecule has 0 saturated carbocycles. The minimum atomic E-state index is -0.378. The number of hydrogen-bond donors (Lipinski definition) is 1. The number of nitrogens with two attached hydrogens (primary N) is 1. The van der Waals surface area contributed by atoms with Gasteiger partial charge in [-0.1, -0.05) is 71.4 Å². The number of anilines is 1. The lowest BCUT2D eigenvalue weighted by Gasteiger charge is -2.42. The summed E-state index contributed by atoms with van der Waals surface area (Å²) < 4.78 is 5.47. The van der Waals surface area contributed by atoms with E-state index in [1.54, 1.807) is 24.3 Å². The van der Waals surface area contributed by atoms with Crippen LogP contribution in [-0.2, 0) is 17.3 Å². The summed E-state index contributed by atoms with van der Waals surface area (Å²) in [6, 6.07) is 19.4. The van der Waals surface area contributed by atoms with Crippen molar-refractivity contribution in [2.24, 2.45) is 0 Å². The zero-order valence-corrected chi connectivity index (χ0v) is 22.6. The number of allylic oxidation sites excluding steroid dienone is 1. The van der Waals surface area contributed by atoms with Crippen molar-refractivity contribution in [3.63, 3.8) is 0 Å². The molecule has 0 unspecified atom stereocenters. The van der Waals surface area contributed by atoms with Crippen molar-refractivity contribution in [3.05, 3.63) is 94.0 Å². The third kappa shape index (κ3) is 5.41. The third-order valence-corrected chi connectivity index (χ3v) is 7.64. The van der Waals surface area contributed by atoms with Gasteiger partial charge in [0, 0.05) is 5.69 Å². The van der Waals surface area contributed by atoms with Gasteiger partial charge in [-0.15, -0.1) is 0 Å². The first-order valence-electron chi connectivity index (χ1n) is 13.0. The predicted octanol–water partition coefficient (Wildman–Crippen LogP) is 8.35. The van der Waals surface area contributed by atoms with E-state index in [9.17, 15) is 4.79 Å². The summed E-state index contributed by atoms with van der Waals surface area (Å²) in [5.74, 6) is 0.104. The van der Waals surface area contributed by atoms with E-state index in [1.165, 1.54) is 40.7 Å². The lowest BCUT2D eigenvalue weighted by molar-refractivity contribution is 0.0735. The molecule has 0 radical (unpaired) electrons. The number of rotatable bonds is 6. The summed E-state index contributed by atoms with van der Waals surface area (Å²) in [5, 5.41) is 0. The summed E-state index contributed by atoms with van der Waals surface area (Å²) in [7, 11) is 0. The minimum absolute atomic E-state index is 0.178. The quantitative estimate of drug-likeness (QED) is 0.167. The molecule has 0 atom stereocenters. The molecule has 0 saturated heterocycles. The first-order chi connectivity index (χ1) is 17.0. The average molecular weight is 482 g/mol. The Morgan fingerprint density at radius 3 is 2.08 bits per heavy atom. The molecule has 0 bridgehead atoms. The zero-order chi connectivity index (χ0) is 26.1. The Morgan fingerprint density at radius 2 is 1.50 bits per heavy atom. The second kappa shape index (κ2) is 9.97. The molecule has 3 aromatic carbocycles. The molecular formula is C33H39NO2. The Kier molecular flexibility index (Phi) is 7.13. The van der Waals surface area contributed by atoms with Gasteiger partial charge < -0.3 is 10.5 Å². The fraction of sp³-hybridized carbons (Fsp3) is 0.364. The number of nitrogen functional groups attached to an aromatic ring is 1. The molecule has 0 fully saturated rings. The maximum Gasteiger partial charge on any atom is 0.343 e. The fourth-order valence-corrected chi connectivity index (χ4v) is 5.25. The van der Waals surface area contributed by atoms with Gasteiger partial charge in [0.05, 0.1) is 5.56 Å². The number of benzene rings is 3. The van der Waals surface area contributed by atoms with Gasteiger partial charge in [-0.25, -0.2) is 4.79 Å². The number of hydrogen-bond acceptors (Lipinski definition) is 3. The minimum Gasteiger partial charge on any atom is -0.423 e. The Bertz CT molecular complexity index is 1280. The lowest BCUT2D eigenvalue weighted by Crippen LogP contribution is -2.34. The number of aryl methyl sites for hydroxylation is 1. The molecule has 0 aliphatic heterocycles. The van der Waals surface area contributed by atoms with Crippen LogP contribution in [0.15, 0.2) is 60.7 Å². The van der Waals surface area contributed by atoms with Crippen LogP contribution in [0.25, 0.3) is 11.6 Å². The first kappa shape index (κ1) is 25.8. The molecule has 0 amide bonds. The summed E-state index contributed by atoms with van der Waals surface area (Å²) in [4.78, 5) is 12.6. The molecule has 36 heavy (non-hydrogen) atoms. The van der Waals surface area contributed by atoms with Gasteiger partial charge in [0.1, 0.15) is 5.75 Å². The van der Waals surface area contributed by atoms with Crippen molar-refractivity contribution in [1.29, 1.82) is 0 Å². The molecule has 0 spiro atoms. The second-order valence-electron chi connectivity index (χ2n) is 11.5. The molecule has 188 valence electrons. The predicted molar refractivity (Wildman–Crippen MR) is 152 cm³/mol. The van der Waals surface area contributed by atoms with Crippen molar-refractivity contribution in [2.75, 3.05) is 5.73 Å². The molecule has 4 rings (SSSR count). The Morgan fingerprint density at radius 1 is 0.917 bits per heavy atom. The van der Waals surface area contributed by atoms with Crippen LogP contribution in [-0.4, -0.2) is 5.97 Å². The van der Waals surface area contributed by atoms with E-state index in [-0.39, 0.29) is 16.8 Å². The van der Waals surface area contributed by atoms with Gasteiger partial charge >= 0.3 is 5.97 Å². The van der Waals surface area contributed by atoms with E-state index in [4.69, 9.17) is 10.5 Å². The fourth-order valence-electron chi connectivity index (χ4n) is 5.25. The number of carbonyl (C=O) groups excluding carboxylic acids is 1. The molecule has 0 aromatic heterocycles. The third-order valence-electron chi connectivity index (χ3n) is 7.64. The highest BCUT2D eigenvalue weighted by atomic mass is 16.5. The Hall–Kier alpha value is -3.33. The largest absolute Gasteiger partial charge is 0.423 e. The van der Waals surface area contributed by atoms with Crippen LogP contribution in [0.4, 0.5) is 5.69 Å². The summed E-state index contributed by atoms with van der Waals surface area (Å²) in [6.07, 6.45) is 6.83. The van der Waals surface area contributed by atoms with Crippen molar-refractivity contribution < 1.29 is 9.53 Å². The Labute approximate surface area is 216 Å². The average Bonchev–Trinajstić information content (AvgIpc) is 2.84. The van der Waals surface area contributed by atoms with Gasteiger partial charge in [0.25, 0.3) is 0 Å². The second-order valence-corrected chi connectivity index (χ2v) is 11.5. The molecular weight excluding hydrogens is 442 g/mol. The van der Waals surface area contributed by atoms with Crippen LogP contribution >= 0.6 is 0 Å². The Balaban J connectivity index is 1.62. The number of ether oxygens (including phenoxy) is 1. The molecule has 0 heterocycles. The first-order valence-corrected chi connectivity index (χ1v) is 13.0. The number of esters is 1. The van der Waals surface area contributed by atoms with Crippen molar-refractivity contribution in [3.8, 4) is 5.75 Å². The molecule has 3 aromatic rings. The number of fused-ring (bicyclic) bond motifs is 1. The highest BCUT2D eigenvalue weighted by Crippen LogP contribution is 2.47. The zero-order valence-electron chi connectivity index (χ0n) is 22.6. The van der Waals surface area contributed by atoms with E-state index in [2.05, 4.69) is 59.8 Å². The van der Waals surface area contributed by atoms with Gasteiger partial charge in [0.15, 0.2) is 0 Å². The molecule has 1 aliphatic rings. The van der Waals surface area contributed by atoms with Gasteiger partial charge in [-0.2, -0.15) is 0 Å². The normalized spacial score (nSPS) is 16.3. The van der Waals surface area contributed by atoms with Crippen LogP contribution in [0.2, 0.25) is 0 Å². The lowest BCUT2D eigenvalue weighted by atomic mass is 9.62. The van der Waals surface area contributed by atoms with Crippen LogP contribution in [0.3, 0.4) is 0 Å². The maximum absolute atomic E-state index is 12.6. The molecule has 2 N–H and O–H groups in total. The van der Waals surface area contributed by atoms with Gasteiger partial charge in [-0.05, 0) is 107 Å². The van der Waals surface area contributed by atoms with Crippen LogP contribution in [0.5, 0.6) is 5.75 Å². The highest BCUT2D eigenvalue weighted by Gasteiger charge is 2.37. The molecule has 3 heteroatoms. The van der Waals surface area contributed by atoms with E-state index < -0.39 is 0 Å². The standard InChI is InChI=1S/C33H39NO2/c1-7-8-25-20-29-30(33(5,6)18-17-32(29,3)4)21-28(25)22(2)19-23-9-11-24(12-10-23)31(35)36-27-15-13-26(34)14-16-27/h9-16,19-21H,7-8,17-18,34H2,1-6H3/b22-19+. The molecule has 3 nitrogen and oxygen atoms in total. The summed E-state index contributed by atoms with van der Waals surface area (Å²) >= 11 is 0. The smallest absolute Gasteiger partial charge is 0.343 e. The summed E-state index contributed by atoms with van der Waals surface area (Å²) in [6.45, 7) is 14.0.